The lowest BCUT2D eigenvalue weighted by Gasteiger charge is -2.40. The summed E-state index contributed by atoms with van der Waals surface area (Å²) >= 11 is 0. The van der Waals surface area contributed by atoms with Gasteiger partial charge in [0.2, 0.25) is 6.10 Å². The molecule has 162 valence electrons. The summed E-state index contributed by atoms with van der Waals surface area (Å²) in [6, 6.07) is 34.6. The highest BCUT2D eigenvalue weighted by atomic mass is 16.6. The lowest BCUT2D eigenvalue weighted by Crippen LogP contribution is -2.51. The van der Waals surface area contributed by atoms with Crippen molar-refractivity contribution in [1.82, 2.24) is 4.90 Å². The smallest absolute Gasteiger partial charge is 0.419 e. The van der Waals surface area contributed by atoms with Crippen LogP contribution in [0.15, 0.2) is 115 Å². The summed E-state index contributed by atoms with van der Waals surface area (Å²) in [4.78, 5) is 28.5. The Morgan fingerprint density at radius 2 is 1.06 bits per heavy atom. The molecule has 4 aromatic rings. The molecule has 4 aromatic carbocycles. The molecule has 0 aliphatic carbocycles. The van der Waals surface area contributed by atoms with Crippen molar-refractivity contribution in [2.24, 2.45) is 0 Å². The number of phenols is 1. The number of carbonyl (C=O) groups excluding carboxylic acids is 2. The molecule has 5 nitrogen and oxygen atoms in total. The molecule has 1 aliphatic heterocycles. The van der Waals surface area contributed by atoms with Crippen molar-refractivity contribution in [2.75, 3.05) is 0 Å². The number of nitrogens with zero attached hydrogens (tertiary/aromatic N) is 1. The minimum Gasteiger partial charge on any atom is -0.508 e. The molecule has 0 radical (unpaired) electrons. The van der Waals surface area contributed by atoms with Crippen LogP contribution in [-0.4, -0.2) is 22.0 Å². The first-order chi connectivity index (χ1) is 16.1. The van der Waals surface area contributed by atoms with Crippen LogP contribution in [0, 0.1) is 0 Å². The summed E-state index contributed by atoms with van der Waals surface area (Å²) in [6.45, 7) is 0. The van der Waals surface area contributed by atoms with E-state index >= 15 is 0 Å². The third kappa shape index (κ3) is 3.34. The van der Waals surface area contributed by atoms with Gasteiger partial charge in [-0.1, -0.05) is 103 Å². The lowest BCUT2D eigenvalue weighted by molar-refractivity contribution is -0.132. The molecule has 0 saturated carbocycles. The standard InChI is InChI=1S/C28H21NO4/c30-24-18-16-20(17-19-24)25-26(31)29(27(32)33-25)28(21-10-4-1-5-11-21,22-12-6-2-7-13-22)23-14-8-3-9-15-23/h1-19,25,30H. The topological polar surface area (TPSA) is 66.8 Å². The number of benzene rings is 4. The van der Waals surface area contributed by atoms with Gasteiger partial charge in [0.1, 0.15) is 11.3 Å². The Bertz CT molecular complexity index is 1180. The molecule has 0 bridgehead atoms. The molecule has 2 amide bonds. The quantitative estimate of drug-likeness (QED) is 0.426. The van der Waals surface area contributed by atoms with E-state index in [1.165, 1.54) is 17.0 Å². The fourth-order valence-corrected chi connectivity index (χ4v) is 4.50. The van der Waals surface area contributed by atoms with Crippen molar-refractivity contribution in [1.29, 1.82) is 0 Å². The number of imide groups is 1. The van der Waals surface area contributed by atoms with Crippen LogP contribution in [0.3, 0.4) is 0 Å². The van der Waals surface area contributed by atoms with Gasteiger partial charge in [-0.15, -0.1) is 0 Å². The molecule has 1 saturated heterocycles. The summed E-state index contributed by atoms with van der Waals surface area (Å²) in [6.07, 6.45) is -1.83. The highest BCUT2D eigenvalue weighted by Crippen LogP contribution is 2.46. The number of rotatable bonds is 5. The van der Waals surface area contributed by atoms with Crippen molar-refractivity contribution >= 4 is 12.0 Å². The van der Waals surface area contributed by atoms with Crippen molar-refractivity contribution in [3.8, 4) is 5.75 Å². The summed E-state index contributed by atoms with van der Waals surface area (Å²) < 4.78 is 5.64. The predicted octanol–water partition coefficient (Wildman–Crippen LogP) is 5.40. The predicted molar refractivity (Wildman–Crippen MR) is 123 cm³/mol. The Morgan fingerprint density at radius 3 is 1.48 bits per heavy atom. The lowest BCUT2D eigenvalue weighted by atomic mass is 9.75. The molecule has 1 N–H and O–H groups in total. The molecular formula is C28H21NO4. The maximum Gasteiger partial charge on any atom is 0.419 e. The Balaban J connectivity index is 1.77. The van der Waals surface area contributed by atoms with Crippen LogP contribution in [0.25, 0.3) is 0 Å². The highest BCUT2D eigenvalue weighted by molar-refractivity contribution is 6.02. The average Bonchev–Trinajstić information content (AvgIpc) is 3.17. The molecular weight excluding hydrogens is 414 g/mol. The van der Waals surface area contributed by atoms with Gasteiger partial charge in [0.15, 0.2) is 0 Å². The molecule has 0 spiro atoms. The SMILES string of the molecule is O=C1OC(c2ccc(O)cc2)C(=O)N1C(c1ccccc1)(c1ccccc1)c1ccccc1. The van der Waals surface area contributed by atoms with Gasteiger partial charge in [-0.25, -0.2) is 9.69 Å². The van der Waals surface area contributed by atoms with Gasteiger partial charge in [-0.3, -0.25) is 4.79 Å². The molecule has 0 aromatic heterocycles. The zero-order valence-electron chi connectivity index (χ0n) is 17.7. The van der Waals surface area contributed by atoms with Gasteiger partial charge in [-0.05, 0) is 28.8 Å². The number of phenolic OH excluding ortho intramolecular Hbond substituents is 1. The number of aromatic hydroxyl groups is 1. The molecule has 33 heavy (non-hydrogen) atoms. The first-order valence-corrected chi connectivity index (χ1v) is 10.6. The van der Waals surface area contributed by atoms with Crippen LogP contribution in [-0.2, 0) is 15.1 Å². The van der Waals surface area contributed by atoms with Gasteiger partial charge >= 0.3 is 6.09 Å². The molecule has 1 atom stereocenters. The number of hydrogen-bond donors (Lipinski definition) is 1. The molecule has 1 aliphatic rings. The Labute approximate surface area is 191 Å². The number of hydrogen-bond acceptors (Lipinski definition) is 4. The zero-order valence-corrected chi connectivity index (χ0v) is 17.7. The Kier molecular flexibility index (Phi) is 5.15. The minimum atomic E-state index is -1.23. The first-order valence-electron chi connectivity index (χ1n) is 10.6. The van der Waals surface area contributed by atoms with Gasteiger partial charge in [0, 0.05) is 5.56 Å². The molecule has 5 rings (SSSR count). The summed E-state index contributed by atoms with van der Waals surface area (Å²) in [5, 5.41) is 9.64. The Hall–Kier alpha value is -4.38. The number of amides is 2. The normalized spacial score (nSPS) is 16.0. The first kappa shape index (κ1) is 20.5. The van der Waals surface area contributed by atoms with E-state index in [9.17, 15) is 14.7 Å². The van der Waals surface area contributed by atoms with Crippen LogP contribution >= 0.6 is 0 Å². The van der Waals surface area contributed by atoms with Crippen LogP contribution in [0.5, 0.6) is 5.75 Å². The summed E-state index contributed by atoms with van der Waals surface area (Å²) in [5.41, 5.74) is 1.55. The van der Waals surface area contributed by atoms with Gasteiger partial charge in [-0.2, -0.15) is 0 Å². The third-order valence-electron chi connectivity index (χ3n) is 5.95. The number of cyclic esters (lactones) is 1. The van der Waals surface area contributed by atoms with Crippen LogP contribution in [0.4, 0.5) is 4.79 Å². The molecule has 5 heteroatoms. The molecule has 1 unspecified atom stereocenters. The van der Waals surface area contributed by atoms with E-state index in [1.807, 2.05) is 91.0 Å². The van der Waals surface area contributed by atoms with Crippen molar-refractivity contribution < 1.29 is 19.4 Å². The Morgan fingerprint density at radius 1 is 0.636 bits per heavy atom. The van der Waals surface area contributed by atoms with Gasteiger partial charge in [0.05, 0.1) is 0 Å². The summed E-state index contributed by atoms with van der Waals surface area (Å²) in [5.74, 6) is -0.401. The highest BCUT2D eigenvalue weighted by Gasteiger charge is 2.55. The van der Waals surface area contributed by atoms with Crippen molar-refractivity contribution in [3.63, 3.8) is 0 Å². The fraction of sp³-hybridized carbons (Fsp3) is 0.0714. The van der Waals surface area contributed by atoms with E-state index in [4.69, 9.17) is 4.74 Å². The van der Waals surface area contributed by atoms with Crippen molar-refractivity contribution in [2.45, 2.75) is 11.6 Å². The fourth-order valence-electron chi connectivity index (χ4n) is 4.50. The van der Waals surface area contributed by atoms with E-state index in [2.05, 4.69) is 0 Å². The zero-order chi connectivity index (χ0) is 22.8. The average molecular weight is 435 g/mol. The third-order valence-corrected chi connectivity index (χ3v) is 5.95. The molecule has 1 heterocycles. The van der Waals surface area contributed by atoms with E-state index in [0.29, 0.717) is 5.56 Å². The van der Waals surface area contributed by atoms with E-state index in [0.717, 1.165) is 16.7 Å². The second kappa shape index (κ2) is 8.28. The summed E-state index contributed by atoms with van der Waals surface area (Å²) in [7, 11) is 0. The van der Waals surface area contributed by atoms with E-state index < -0.39 is 23.6 Å². The number of carbonyl (C=O) groups is 2. The monoisotopic (exact) mass is 435 g/mol. The molecule has 1 fully saturated rings. The van der Waals surface area contributed by atoms with Gasteiger partial charge < -0.3 is 9.84 Å². The second-order valence-electron chi connectivity index (χ2n) is 7.84. The number of ether oxygens (including phenoxy) is 1. The van der Waals surface area contributed by atoms with E-state index in [1.54, 1.807) is 12.1 Å². The second-order valence-corrected chi connectivity index (χ2v) is 7.84. The van der Waals surface area contributed by atoms with Crippen LogP contribution in [0.2, 0.25) is 0 Å². The largest absolute Gasteiger partial charge is 0.508 e. The maximum absolute atomic E-state index is 13.9. The van der Waals surface area contributed by atoms with E-state index in [-0.39, 0.29) is 5.75 Å². The van der Waals surface area contributed by atoms with Crippen LogP contribution < -0.4 is 0 Å². The van der Waals surface area contributed by atoms with Gasteiger partial charge in [0.25, 0.3) is 5.91 Å². The maximum atomic E-state index is 13.9. The minimum absolute atomic E-state index is 0.0691. The van der Waals surface area contributed by atoms with Crippen LogP contribution in [0.1, 0.15) is 28.4 Å². The van der Waals surface area contributed by atoms with Crippen molar-refractivity contribution in [3.05, 3.63) is 138 Å².